The van der Waals surface area contributed by atoms with Gasteiger partial charge in [0.1, 0.15) is 0 Å². The maximum absolute atomic E-state index is 11.3. The van der Waals surface area contributed by atoms with Crippen LogP contribution in [0.4, 0.5) is 0 Å². The van der Waals surface area contributed by atoms with Crippen LogP contribution in [0.5, 0.6) is 11.5 Å². The summed E-state index contributed by atoms with van der Waals surface area (Å²) in [6.45, 7) is 3.76. The van der Waals surface area contributed by atoms with Gasteiger partial charge in [0.15, 0.2) is 0 Å². The van der Waals surface area contributed by atoms with Crippen molar-refractivity contribution in [2.24, 2.45) is 0 Å². The van der Waals surface area contributed by atoms with Crippen LogP contribution in [0.25, 0.3) is 21.8 Å². The zero-order valence-electron chi connectivity index (χ0n) is 14.4. The van der Waals surface area contributed by atoms with Crippen LogP contribution in [0.1, 0.15) is 11.4 Å². The normalized spacial score (nSPS) is 9.62. The molecule has 2 heterocycles. The van der Waals surface area contributed by atoms with Crippen molar-refractivity contribution in [3.8, 4) is 11.5 Å². The molecule has 4 rings (SSSR count). The van der Waals surface area contributed by atoms with E-state index in [0.29, 0.717) is 11.0 Å². The smallest absolute Gasteiger partial charge is 1.00 e. The number of para-hydroxylation sites is 2. The number of pyridine rings is 2. The van der Waals surface area contributed by atoms with Gasteiger partial charge in [0.25, 0.3) is 0 Å². The average Bonchev–Trinajstić information content (AvgIpc) is 2.57. The quantitative estimate of drug-likeness (QED) is 0.399. The first-order chi connectivity index (χ1) is 11.5. The van der Waals surface area contributed by atoms with Crippen LogP contribution in [0.15, 0.2) is 60.7 Å². The molecule has 0 aliphatic rings. The summed E-state index contributed by atoms with van der Waals surface area (Å²) in [6, 6.07) is 18.0. The summed E-state index contributed by atoms with van der Waals surface area (Å²) in [5.41, 5.74) is 2.90. The van der Waals surface area contributed by atoms with Gasteiger partial charge in [-0.25, -0.2) is 0 Å². The van der Waals surface area contributed by atoms with Crippen molar-refractivity contribution in [1.82, 2.24) is 9.97 Å². The maximum atomic E-state index is 11.3. The van der Waals surface area contributed by atoms with E-state index in [4.69, 9.17) is 0 Å². The number of nitrogens with zero attached hydrogens (tertiary/aromatic N) is 2. The average molecular weight is 379 g/mol. The third kappa shape index (κ3) is 4.86. The fraction of sp³-hybridized carbons (Fsp3) is 0.100. The molecular formula is C20H16AlClN2O2. The molecule has 0 radical (unpaired) electrons. The molecule has 2 aromatic carbocycles. The van der Waals surface area contributed by atoms with Gasteiger partial charge in [-0.05, 0) is 36.8 Å². The summed E-state index contributed by atoms with van der Waals surface area (Å²) >= 11 is 0. The molecule has 4 aromatic rings. The van der Waals surface area contributed by atoms with E-state index in [1.807, 2.05) is 50.2 Å². The number of benzene rings is 2. The Labute approximate surface area is 169 Å². The predicted molar refractivity (Wildman–Crippen MR) is 97.6 cm³/mol. The molecule has 0 fully saturated rings. The van der Waals surface area contributed by atoms with Crippen LogP contribution < -0.4 is 22.6 Å². The molecule has 0 bridgehead atoms. The number of aryl methyl sites for hydroxylation is 2. The Morgan fingerprint density at radius 2 is 1.00 bits per heavy atom. The molecule has 0 saturated carbocycles. The number of rotatable bonds is 0. The minimum Gasteiger partial charge on any atom is -1.00 e. The van der Waals surface area contributed by atoms with Crippen molar-refractivity contribution in [2.45, 2.75) is 13.8 Å². The molecule has 0 amide bonds. The molecule has 0 aliphatic carbocycles. The number of halogens is 1. The second-order valence-electron chi connectivity index (χ2n) is 5.56. The Morgan fingerprint density at radius 1 is 0.615 bits per heavy atom. The van der Waals surface area contributed by atoms with Gasteiger partial charge in [0, 0.05) is 11.4 Å². The van der Waals surface area contributed by atoms with Crippen molar-refractivity contribution in [2.75, 3.05) is 0 Å². The molecule has 4 nitrogen and oxygen atoms in total. The van der Waals surface area contributed by atoms with E-state index in [1.54, 1.807) is 12.1 Å². The van der Waals surface area contributed by atoms with Crippen LogP contribution in [-0.2, 0) is 0 Å². The minimum absolute atomic E-state index is 0. The van der Waals surface area contributed by atoms with Gasteiger partial charge < -0.3 is 22.6 Å². The fourth-order valence-electron chi connectivity index (χ4n) is 2.43. The Hall–Kier alpha value is -2.32. The molecule has 0 saturated heterocycles. The van der Waals surface area contributed by atoms with Gasteiger partial charge >= 0.3 is 17.4 Å². The summed E-state index contributed by atoms with van der Waals surface area (Å²) in [7, 11) is 0. The molecule has 2 aromatic heterocycles. The topological polar surface area (TPSA) is 71.9 Å². The van der Waals surface area contributed by atoms with E-state index in [0.717, 1.165) is 22.2 Å². The summed E-state index contributed by atoms with van der Waals surface area (Å²) < 4.78 is 0. The second-order valence-corrected chi connectivity index (χ2v) is 5.56. The molecule has 6 heteroatoms. The fourth-order valence-corrected chi connectivity index (χ4v) is 2.43. The largest absolute Gasteiger partial charge is 3.00 e. The summed E-state index contributed by atoms with van der Waals surface area (Å²) in [5, 5.41) is 24.4. The van der Waals surface area contributed by atoms with Crippen LogP contribution in [0.2, 0.25) is 0 Å². The summed E-state index contributed by atoms with van der Waals surface area (Å²) in [4.78, 5) is 8.33. The third-order valence-electron chi connectivity index (χ3n) is 3.64. The summed E-state index contributed by atoms with van der Waals surface area (Å²) in [6.07, 6.45) is 0. The number of fused-ring (bicyclic) bond motifs is 2. The van der Waals surface area contributed by atoms with E-state index in [-0.39, 0.29) is 41.3 Å². The zero-order valence-corrected chi connectivity index (χ0v) is 16.4. The molecular weight excluding hydrogens is 363 g/mol. The van der Waals surface area contributed by atoms with Crippen LogP contribution in [0.3, 0.4) is 0 Å². The second kappa shape index (κ2) is 9.40. The molecule has 0 atom stereocenters. The van der Waals surface area contributed by atoms with Gasteiger partial charge in [-0.3, -0.25) is 9.97 Å². The zero-order chi connectivity index (χ0) is 17.1. The Morgan fingerprint density at radius 3 is 1.38 bits per heavy atom. The van der Waals surface area contributed by atoms with E-state index < -0.39 is 0 Å². The van der Waals surface area contributed by atoms with E-state index in [9.17, 15) is 10.2 Å². The number of aromatic nitrogens is 2. The van der Waals surface area contributed by atoms with Crippen molar-refractivity contribution >= 4 is 39.2 Å². The Kier molecular flexibility index (Phi) is 7.85. The SMILES string of the molecule is Cc1ccc2cccc([O-])c2n1.Cc1ccc2cccc([O-])c2n1.[Al+3].[Cl-]. The first-order valence-corrected chi connectivity index (χ1v) is 7.61. The minimum atomic E-state index is -0.00352. The maximum Gasteiger partial charge on any atom is 3.00 e. The van der Waals surface area contributed by atoms with Gasteiger partial charge in [0.2, 0.25) is 0 Å². The van der Waals surface area contributed by atoms with Crippen LogP contribution >= 0.6 is 0 Å². The molecule has 0 aliphatic heterocycles. The van der Waals surface area contributed by atoms with Crippen molar-refractivity contribution in [3.05, 3.63) is 72.1 Å². The first-order valence-electron chi connectivity index (χ1n) is 7.61. The molecule has 0 unspecified atom stereocenters. The van der Waals surface area contributed by atoms with E-state index >= 15 is 0 Å². The van der Waals surface area contributed by atoms with E-state index in [1.165, 1.54) is 12.1 Å². The molecule has 128 valence electrons. The monoisotopic (exact) mass is 378 g/mol. The molecule has 26 heavy (non-hydrogen) atoms. The third-order valence-corrected chi connectivity index (χ3v) is 3.64. The molecule has 0 spiro atoms. The number of hydrogen-bond acceptors (Lipinski definition) is 4. The predicted octanol–water partition coefficient (Wildman–Crippen LogP) is -0.143. The van der Waals surface area contributed by atoms with Crippen LogP contribution in [0, 0.1) is 13.8 Å². The van der Waals surface area contributed by atoms with Gasteiger partial charge in [0.05, 0.1) is 11.0 Å². The standard InChI is InChI=1S/2C10H9NO.Al.ClH/c2*1-7-5-6-8-3-2-4-9(12)10(8)11-7;;/h2*2-6,12H,1H3;;1H/q;;+3;/p-3. The van der Waals surface area contributed by atoms with Gasteiger partial charge in [-0.1, -0.05) is 60.0 Å². The van der Waals surface area contributed by atoms with Gasteiger partial charge in [-0.2, -0.15) is 0 Å². The first kappa shape index (κ1) is 21.7. The molecule has 0 N–H and O–H groups in total. The van der Waals surface area contributed by atoms with Crippen molar-refractivity contribution in [1.29, 1.82) is 0 Å². The number of hydrogen-bond donors (Lipinski definition) is 0. The Bertz CT molecular complexity index is 942. The Balaban J connectivity index is 0.000000241. The van der Waals surface area contributed by atoms with Crippen LogP contribution in [-0.4, -0.2) is 27.3 Å². The summed E-state index contributed by atoms with van der Waals surface area (Å²) in [5.74, 6) is -0.00704. The van der Waals surface area contributed by atoms with E-state index in [2.05, 4.69) is 9.97 Å². The van der Waals surface area contributed by atoms with Crippen molar-refractivity contribution in [3.63, 3.8) is 0 Å². The van der Waals surface area contributed by atoms with Crippen molar-refractivity contribution < 1.29 is 22.6 Å². The van der Waals surface area contributed by atoms with Gasteiger partial charge in [-0.15, -0.1) is 0 Å².